The SMILES string of the molecule is CCC1CN(C(=O)c2cnsn2)c2cc(C)c(C)cc2N1C(=O)O. The Balaban J connectivity index is 2.15. The molecule has 24 heavy (non-hydrogen) atoms. The molecule has 126 valence electrons. The highest BCUT2D eigenvalue weighted by molar-refractivity contribution is 6.99. The summed E-state index contributed by atoms with van der Waals surface area (Å²) in [5.74, 6) is -0.253. The molecule has 1 aliphatic rings. The predicted octanol–water partition coefficient (Wildman–Crippen LogP) is 3.08. The smallest absolute Gasteiger partial charge is 0.412 e. The molecule has 0 radical (unpaired) electrons. The van der Waals surface area contributed by atoms with Crippen LogP contribution in [-0.4, -0.2) is 38.4 Å². The van der Waals surface area contributed by atoms with E-state index < -0.39 is 6.09 Å². The van der Waals surface area contributed by atoms with E-state index in [2.05, 4.69) is 8.75 Å². The first kappa shape index (κ1) is 16.4. The largest absolute Gasteiger partial charge is 0.465 e. The summed E-state index contributed by atoms with van der Waals surface area (Å²) in [5, 5.41) is 9.66. The molecule has 1 unspecified atom stereocenters. The lowest BCUT2D eigenvalue weighted by atomic mass is 10.00. The van der Waals surface area contributed by atoms with Crippen LogP contribution in [0.15, 0.2) is 18.3 Å². The Labute approximate surface area is 143 Å². The van der Waals surface area contributed by atoms with Gasteiger partial charge in [0.25, 0.3) is 5.91 Å². The number of benzene rings is 1. The average molecular weight is 346 g/mol. The minimum absolute atomic E-state index is 0.253. The second-order valence-corrected chi connectivity index (χ2v) is 6.40. The molecule has 2 heterocycles. The maximum Gasteiger partial charge on any atom is 0.412 e. The molecule has 0 saturated carbocycles. The topological polar surface area (TPSA) is 86.6 Å². The zero-order valence-electron chi connectivity index (χ0n) is 13.7. The standard InChI is InChI=1S/C16H18N4O3S/c1-4-11-8-19(15(21)12-7-17-24-18-12)13-5-9(2)10(3)6-14(13)20(11)16(22)23/h5-7,11H,4,8H2,1-3H3,(H,22,23). The Kier molecular flexibility index (Phi) is 4.23. The molecule has 2 amide bonds. The number of aryl methyl sites for hydroxylation is 2. The number of carbonyl (C=O) groups excluding carboxylic acids is 1. The third-order valence-corrected chi connectivity index (χ3v) is 4.88. The zero-order chi connectivity index (χ0) is 17.4. The van der Waals surface area contributed by atoms with Gasteiger partial charge in [-0.15, -0.1) is 0 Å². The number of aromatic nitrogens is 2. The van der Waals surface area contributed by atoms with Crippen molar-refractivity contribution in [2.75, 3.05) is 16.3 Å². The lowest BCUT2D eigenvalue weighted by molar-refractivity contribution is 0.0978. The predicted molar refractivity (Wildman–Crippen MR) is 92.1 cm³/mol. The Hall–Kier alpha value is -2.48. The number of amides is 2. The van der Waals surface area contributed by atoms with Crippen molar-refractivity contribution in [2.24, 2.45) is 0 Å². The van der Waals surface area contributed by atoms with Gasteiger partial charge >= 0.3 is 6.09 Å². The Morgan fingerprint density at radius 3 is 2.50 bits per heavy atom. The maximum absolute atomic E-state index is 12.8. The third kappa shape index (κ3) is 2.62. The van der Waals surface area contributed by atoms with Crippen molar-refractivity contribution in [3.63, 3.8) is 0 Å². The first-order valence-electron chi connectivity index (χ1n) is 7.66. The summed E-state index contributed by atoms with van der Waals surface area (Å²) in [4.78, 5) is 27.6. The summed E-state index contributed by atoms with van der Waals surface area (Å²) in [6, 6.07) is 3.40. The van der Waals surface area contributed by atoms with E-state index in [-0.39, 0.29) is 17.6 Å². The summed E-state index contributed by atoms with van der Waals surface area (Å²) < 4.78 is 7.91. The lowest BCUT2D eigenvalue weighted by Gasteiger charge is -2.41. The number of hydrogen-bond acceptors (Lipinski definition) is 5. The third-order valence-electron chi connectivity index (χ3n) is 4.40. The van der Waals surface area contributed by atoms with Crippen LogP contribution in [0.2, 0.25) is 0 Å². The van der Waals surface area contributed by atoms with Crippen LogP contribution in [0.25, 0.3) is 0 Å². The number of hydrogen-bond donors (Lipinski definition) is 1. The van der Waals surface area contributed by atoms with Crippen LogP contribution in [0.1, 0.15) is 35.0 Å². The average Bonchev–Trinajstić information content (AvgIpc) is 3.08. The summed E-state index contributed by atoms with van der Waals surface area (Å²) >= 11 is 0.979. The van der Waals surface area contributed by atoms with Gasteiger partial charge in [-0.25, -0.2) is 4.79 Å². The number of nitrogens with zero attached hydrogens (tertiary/aromatic N) is 4. The van der Waals surface area contributed by atoms with Crippen LogP contribution in [0.3, 0.4) is 0 Å². The van der Waals surface area contributed by atoms with Crippen molar-refractivity contribution < 1.29 is 14.7 Å². The van der Waals surface area contributed by atoms with Gasteiger partial charge in [-0.2, -0.15) is 8.75 Å². The number of anilines is 2. The molecule has 1 atom stereocenters. The van der Waals surface area contributed by atoms with E-state index in [0.717, 1.165) is 22.9 Å². The van der Waals surface area contributed by atoms with E-state index in [1.165, 1.54) is 11.1 Å². The van der Waals surface area contributed by atoms with Crippen LogP contribution in [-0.2, 0) is 0 Å². The van der Waals surface area contributed by atoms with Crippen molar-refractivity contribution in [1.29, 1.82) is 0 Å². The molecule has 3 rings (SSSR count). The Morgan fingerprint density at radius 1 is 1.29 bits per heavy atom. The molecule has 0 spiro atoms. The van der Waals surface area contributed by atoms with Crippen molar-refractivity contribution in [3.05, 3.63) is 35.2 Å². The van der Waals surface area contributed by atoms with Gasteiger partial charge in [0.05, 0.1) is 35.3 Å². The molecule has 0 saturated heterocycles. The van der Waals surface area contributed by atoms with E-state index in [0.29, 0.717) is 24.3 Å². The van der Waals surface area contributed by atoms with E-state index in [4.69, 9.17) is 0 Å². The molecule has 8 heteroatoms. The van der Waals surface area contributed by atoms with E-state index in [1.54, 1.807) is 4.90 Å². The Morgan fingerprint density at radius 2 is 1.96 bits per heavy atom. The molecule has 0 bridgehead atoms. The van der Waals surface area contributed by atoms with Crippen LogP contribution in [0.4, 0.5) is 16.2 Å². The first-order valence-corrected chi connectivity index (χ1v) is 8.39. The monoisotopic (exact) mass is 346 g/mol. The molecule has 2 aromatic rings. The van der Waals surface area contributed by atoms with Gasteiger partial charge in [0.1, 0.15) is 0 Å². The second-order valence-electron chi connectivity index (χ2n) is 5.85. The van der Waals surface area contributed by atoms with Gasteiger partial charge in [0.2, 0.25) is 0 Å². The first-order chi connectivity index (χ1) is 11.4. The molecule has 1 aromatic heterocycles. The molecule has 7 nitrogen and oxygen atoms in total. The molecule has 1 aliphatic heterocycles. The number of carboxylic acid groups (broad SMARTS) is 1. The number of carbonyl (C=O) groups is 2. The fourth-order valence-electron chi connectivity index (χ4n) is 2.94. The van der Waals surface area contributed by atoms with E-state index >= 15 is 0 Å². The van der Waals surface area contributed by atoms with Crippen molar-refractivity contribution in [1.82, 2.24) is 8.75 Å². The Bertz CT molecular complexity index is 791. The summed E-state index contributed by atoms with van der Waals surface area (Å²) in [6.07, 6.45) is 1.05. The summed E-state index contributed by atoms with van der Waals surface area (Å²) in [7, 11) is 0. The highest BCUT2D eigenvalue weighted by Gasteiger charge is 2.37. The number of fused-ring (bicyclic) bond motifs is 1. The van der Waals surface area contributed by atoms with Crippen molar-refractivity contribution in [2.45, 2.75) is 33.2 Å². The van der Waals surface area contributed by atoms with Crippen LogP contribution in [0, 0.1) is 13.8 Å². The normalized spacial score (nSPS) is 16.9. The molecular formula is C16H18N4O3S. The zero-order valence-corrected chi connectivity index (χ0v) is 14.5. The summed E-state index contributed by atoms with van der Waals surface area (Å²) in [6.45, 7) is 6.09. The quantitative estimate of drug-likeness (QED) is 0.903. The van der Waals surface area contributed by atoms with Gasteiger partial charge in [-0.3, -0.25) is 9.69 Å². The highest BCUT2D eigenvalue weighted by Crippen LogP contribution is 2.39. The fraction of sp³-hybridized carbons (Fsp3) is 0.375. The van der Waals surface area contributed by atoms with Gasteiger partial charge in [-0.1, -0.05) is 6.92 Å². The molecule has 0 fully saturated rings. The van der Waals surface area contributed by atoms with Gasteiger partial charge < -0.3 is 10.0 Å². The van der Waals surface area contributed by atoms with Crippen molar-refractivity contribution in [3.8, 4) is 0 Å². The molecule has 1 N–H and O–H groups in total. The minimum Gasteiger partial charge on any atom is -0.465 e. The van der Waals surface area contributed by atoms with E-state index in [9.17, 15) is 14.7 Å². The molecule has 0 aliphatic carbocycles. The van der Waals surface area contributed by atoms with Crippen molar-refractivity contribution >= 4 is 35.1 Å². The van der Waals surface area contributed by atoms with E-state index in [1.807, 2.05) is 32.9 Å². The highest BCUT2D eigenvalue weighted by atomic mass is 32.1. The van der Waals surface area contributed by atoms with Crippen LogP contribution in [0.5, 0.6) is 0 Å². The van der Waals surface area contributed by atoms with Gasteiger partial charge in [-0.05, 0) is 43.5 Å². The van der Waals surface area contributed by atoms with Crippen LogP contribution >= 0.6 is 11.7 Å². The van der Waals surface area contributed by atoms with Gasteiger partial charge in [0, 0.05) is 6.54 Å². The lowest BCUT2D eigenvalue weighted by Crippen LogP contribution is -2.52. The van der Waals surface area contributed by atoms with Gasteiger partial charge in [0.15, 0.2) is 5.69 Å². The second kappa shape index (κ2) is 6.20. The fourth-order valence-corrected chi connectivity index (χ4v) is 3.35. The summed E-state index contributed by atoms with van der Waals surface area (Å²) in [5.41, 5.74) is 3.41. The molecular weight excluding hydrogens is 328 g/mol. The van der Waals surface area contributed by atoms with Crippen LogP contribution < -0.4 is 9.80 Å². The number of rotatable bonds is 2. The maximum atomic E-state index is 12.8. The molecule has 1 aromatic carbocycles. The minimum atomic E-state index is -1.01.